The third kappa shape index (κ3) is 4.29. The molecule has 2 aromatic heterocycles. The predicted molar refractivity (Wildman–Crippen MR) is 129 cm³/mol. The number of piperidine rings is 1. The molecule has 0 radical (unpaired) electrons. The van der Waals surface area contributed by atoms with Crippen LogP contribution < -0.4 is 4.74 Å². The molecule has 5 rings (SSSR count). The lowest BCUT2D eigenvalue weighted by Gasteiger charge is -2.32. The Morgan fingerprint density at radius 3 is 2.79 bits per heavy atom. The molecule has 1 aliphatic heterocycles. The van der Waals surface area contributed by atoms with E-state index < -0.39 is 0 Å². The molecule has 1 fully saturated rings. The molecule has 0 unspecified atom stereocenters. The molecule has 2 aromatic carbocycles. The first-order valence-corrected chi connectivity index (χ1v) is 11.3. The maximum Gasteiger partial charge on any atom is 0.246 e. The molecular formula is C27H25FN4O2. The molecule has 0 spiro atoms. The van der Waals surface area contributed by atoms with Gasteiger partial charge in [-0.1, -0.05) is 24.8 Å². The molecule has 0 bridgehead atoms. The lowest BCUT2D eigenvalue weighted by molar-refractivity contribution is -0.127. The maximum absolute atomic E-state index is 13.8. The number of ether oxygens (including phenoxy) is 1. The smallest absolute Gasteiger partial charge is 0.246 e. The van der Waals surface area contributed by atoms with Gasteiger partial charge in [0.1, 0.15) is 23.9 Å². The molecule has 6 nitrogen and oxygen atoms in total. The number of halogens is 1. The van der Waals surface area contributed by atoms with Crippen molar-refractivity contribution in [2.24, 2.45) is 0 Å². The van der Waals surface area contributed by atoms with Gasteiger partial charge < -0.3 is 9.64 Å². The Hall–Kier alpha value is -4.00. The number of hydrogen-bond acceptors (Lipinski definition) is 4. The Morgan fingerprint density at radius 2 is 2.00 bits per heavy atom. The van der Waals surface area contributed by atoms with Gasteiger partial charge in [-0.3, -0.25) is 14.5 Å². The average molecular weight is 457 g/mol. The SMILES string of the molecule is C=CC(=O)N1CCC[C@@H](n2nc(-c3ccc(OCc4ccccc4F)cc3)c3cnccc32)C1. The number of hydrogen-bond donors (Lipinski definition) is 0. The first-order valence-electron chi connectivity index (χ1n) is 11.3. The van der Waals surface area contributed by atoms with Gasteiger partial charge in [-0.25, -0.2) is 4.39 Å². The van der Waals surface area contributed by atoms with Gasteiger partial charge in [0.2, 0.25) is 5.91 Å². The van der Waals surface area contributed by atoms with E-state index in [1.165, 1.54) is 12.1 Å². The highest BCUT2D eigenvalue weighted by Crippen LogP contribution is 2.32. The molecule has 1 saturated heterocycles. The number of rotatable bonds is 6. The largest absolute Gasteiger partial charge is 0.489 e. The van der Waals surface area contributed by atoms with E-state index >= 15 is 0 Å². The standard InChI is InChI=1S/C27H25FN4O2/c1-2-26(33)31-15-5-7-21(17-31)32-25-13-14-29-16-23(25)27(30-32)19-9-11-22(12-10-19)34-18-20-6-3-4-8-24(20)28/h2-4,6,8-14,16,21H,1,5,7,15,17-18H2/t21-/m1/s1. The zero-order chi connectivity index (χ0) is 23.5. The van der Waals surface area contributed by atoms with Gasteiger partial charge in [0.05, 0.1) is 11.6 Å². The molecule has 4 aromatic rings. The molecule has 1 aliphatic rings. The van der Waals surface area contributed by atoms with Crippen LogP contribution in [0.4, 0.5) is 4.39 Å². The summed E-state index contributed by atoms with van der Waals surface area (Å²) in [5, 5.41) is 5.91. The summed E-state index contributed by atoms with van der Waals surface area (Å²) in [6.45, 7) is 5.12. The van der Waals surface area contributed by atoms with Crippen LogP contribution in [0.1, 0.15) is 24.4 Å². The normalized spacial score (nSPS) is 15.9. The summed E-state index contributed by atoms with van der Waals surface area (Å²) in [5.74, 6) is 0.327. The number of likely N-dealkylation sites (tertiary alicyclic amines) is 1. The van der Waals surface area contributed by atoms with Gasteiger partial charge in [-0.15, -0.1) is 0 Å². The third-order valence-electron chi connectivity index (χ3n) is 6.22. The van der Waals surface area contributed by atoms with Gasteiger partial charge in [0.25, 0.3) is 0 Å². The number of nitrogens with zero attached hydrogens (tertiary/aromatic N) is 4. The Bertz CT molecular complexity index is 1330. The van der Waals surface area contributed by atoms with Crippen LogP contribution in [0.2, 0.25) is 0 Å². The molecular weight excluding hydrogens is 431 g/mol. The quantitative estimate of drug-likeness (QED) is 0.376. The van der Waals surface area contributed by atoms with Crippen LogP contribution in [-0.2, 0) is 11.4 Å². The predicted octanol–water partition coefficient (Wildman–Crippen LogP) is 5.17. The molecule has 0 N–H and O–H groups in total. The highest BCUT2D eigenvalue weighted by Gasteiger charge is 2.26. The van der Waals surface area contributed by atoms with Crippen molar-refractivity contribution in [3.63, 3.8) is 0 Å². The maximum atomic E-state index is 13.8. The van der Waals surface area contributed by atoms with Crippen molar-refractivity contribution in [3.8, 4) is 17.0 Å². The van der Waals surface area contributed by atoms with Crippen molar-refractivity contribution in [1.82, 2.24) is 19.7 Å². The van der Waals surface area contributed by atoms with Crippen LogP contribution in [0.5, 0.6) is 5.75 Å². The lowest BCUT2D eigenvalue weighted by Crippen LogP contribution is -2.40. The fourth-order valence-electron chi connectivity index (χ4n) is 4.45. The number of pyridine rings is 1. The fraction of sp³-hybridized carbons (Fsp3) is 0.222. The summed E-state index contributed by atoms with van der Waals surface area (Å²) in [6.07, 6.45) is 6.82. The first kappa shape index (κ1) is 21.8. The highest BCUT2D eigenvalue weighted by molar-refractivity contribution is 5.93. The number of fused-ring (bicyclic) bond motifs is 1. The zero-order valence-corrected chi connectivity index (χ0v) is 18.7. The number of amides is 1. The van der Waals surface area contributed by atoms with E-state index in [9.17, 15) is 9.18 Å². The Labute approximate surface area is 197 Å². The van der Waals surface area contributed by atoms with Crippen LogP contribution in [0.25, 0.3) is 22.2 Å². The van der Waals surface area contributed by atoms with Crippen molar-refractivity contribution >= 4 is 16.8 Å². The second-order valence-electron chi connectivity index (χ2n) is 8.37. The number of benzene rings is 2. The molecule has 0 saturated carbocycles. The molecule has 172 valence electrons. The summed E-state index contributed by atoms with van der Waals surface area (Å²) in [6, 6.07) is 16.3. The lowest BCUT2D eigenvalue weighted by atomic mass is 10.1. The summed E-state index contributed by atoms with van der Waals surface area (Å²) >= 11 is 0. The third-order valence-corrected chi connectivity index (χ3v) is 6.22. The zero-order valence-electron chi connectivity index (χ0n) is 18.7. The van der Waals surface area contributed by atoms with Crippen molar-refractivity contribution < 1.29 is 13.9 Å². The summed E-state index contributed by atoms with van der Waals surface area (Å²) in [5.41, 5.74) is 3.27. The number of carbonyl (C=O) groups is 1. The van der Waals surface area contributed by atoms with Crippen molar-refractivity contribution in [2.75, 3.05) is 13.1 Å². The van der Waals surface area contributed by atoms with Crippen molar-refractivity contribution in [2.45, 2.75) is 25.5 Å². The number of aromatic nitrogens is 3. The van der Waals surface area contributed by atoms with Gasteiger partial charge in [0.15, 0.2) is 0 Å². The molecule has 0 aliphatic carbocycles. The highest BCUT2D eigenvalue weighted by atomic mass is 19.1. The van der Waals surface area contributed by atoms with Crippen LogP contribution >= 0.6 is 0 Å². The Kier molecular flexibility index (Phi) is 6.08. The van der Waals surface area contributed by atoms with Crippen molar-refractivity contribution in [3.05, 3.63) is 91.0 Å². The fourth-order valence-corrected chi connectivity index (χ4v) is 4.45. The summed E-state index contributed by atoms with van der Waals surface area (Å²) < 4.78 is 21.6. The molecule has 1 atom stereocenters. The van der Waals surface area contributed by atoms with E-state index in [4.69, 9.17) is 9.84 Å². The molecule has 34 heavy (non-hydrogen) atoms. The summed E-state index contributed by atoms with van der Waals surface area (Å²) in [4.78, 5) is 18.3. The van der Waals surface area contributed by atoms with Crippen LogP contribution in [0.15, 0.2) is 79.6 Å². The van der Waals surface area contributed by atoms with Gasteiger partial charge in [-0.05, 0) is 55.3 Å². The Morgan fingerprint density at radius 1 is 1.18 bits per heavy atom. The average Bonchev–Trinajstić information content (AvgIpc) is 3.28. The van der Waals surface area contributed by atoms with E-state index in [1.54, 1.807) is 24.4 Å². The van der Waals surface area contributed by atoms with Crippen molar-refractivity contribution in [1.29, 1.82) is 0 Å². The minimum Gasteiger partial charge on any atom is -0.489 e. The van der Waals surface area contributed by atoms with Crippen LogP contribution in [0.3, 0.4) is 0 Å². The molecule has 7 heteroatoms. The monoisotopic (exact) mass is 456 g/mol. The Balaban J connectivity index is 1.40. The topological polar surface area (TPSA) is 60.2 Å². The minimum absolute atomic E-state index is 0.0472. The molecule has 1 amide bonds. The second-order valence-corrected chi connectivity index (χ2v) is 8.37. The van der Waals surface area contributed by atoms with E-state index in [2.05, 4.69) is 11.6 Å². The summed E-state index contributed by atoms with van der Waals surface area (Å²) in [7, 11) is 0. The first-order chi connectivity index (χ1) is 16.6. The minimum atomic E-state index is -0.278. The van der Waals surface area contributed by atoms with Crippen LogP contribution in [0, 0.1) is 5.82 Å². The van der Waals surface area contributed by atoms with E-state index in [0.29, 0.717) is 17.9 Å². The number of carbonyl (C=O) groups excluding carboxylic acids is 1. The van der Waals surface area contributed by atoms with E-state index in [1.807, 2.05) is 46.1 Å². The van der Waals surface area contributed by atoms with Crippen LogP contribution in [-0.4, -0.2) is 38.7 Å². The van der Waals surface area contributed by atoms with Gasteiger partial charge >= 0.3 is 0 Å². The van der Waals surface area contributed by atoms with E-state index in [0.717, 1.165) is 41.5 Å². The van der Waals surface area contributed by atoms with Gasteiger partial charge in [0, 0.05) is 42.0 Å². The second kappa shape index (κ2) is 9.47. The molecule has 3 heterocycles. The van der Waals surface area contributed by atoms with E-state index in [-0.39, 0.29) is 24.4 Å². The van der Waals surface area contributed by atoms with Gasteiger partial charge in [-0.2, -0.15) is 5.10 Å².